The van der Waals surface area contributed by atoms with Crippen molar-refractivity contribution in [1.82, 2.24) is 0 Å². The van der Waals surface area contributed by atoms with Crippen LogP contribution in [0, 0.1) is 23.7 Å². The Kier molecular flexibility index (Phi) is 23.7. The molecule has 0 radical (unpaired) electrons. The molecular weight excluding hydrogens is 669 g/mol. The summed E-state index contributed by atoms with van der Waals surface area (Å²) in [5.74, 6) is 1.37. The lowest BCUT2D eigenvalue weighted by molar-refractivity contribution is 0.115. The summed E-state index contributed by atoms with van der Waals surface area (Å²) < 4.78 is 39.5. The van der Waals surface area contributed by atoms with Crippen LogP contribution in [-0.4, -0.2) is 44.5 Å². The fourth-order valence-corrected chi connectivity index (χ4v) is 14.2. The van der Waals surface area contributed by atoms with E-state index in [0.29, 0.717) is 36.5 Å². The molecule has 0 aliphatic heterocycles. The Morgan fingerprint density at radius 3 is 1.18 bits per heavy atom. The van der Waals surface area contributed by atoms with Crippen LogP contribution in [0.5, 0.6) is 0 Å². The van der Waals surface area contributed by atoms with Gasteiger partial charge in [0, 0.05) is 42.9 Å². The van der Waals surface area contributed by atoms with Crippen molar-refractivity contribution in [3.63, 3.8) is 0 Å². The molecule has 0 saturated heterocycles. The summed E-state index contributed by atoms with van der Waals surface area (Å²) in [5.41, 5.74) is 0. The lowest BCUT2D eigenvalue weighted by Crippen LogP contribution is -2.45. The van der Waals surface area contributed by atoms with Crippen molar-refractivity contribution in [2.45, 2.75) is 206 Å². The third kappa shape index (κ3) is 17.9. The molecule has 290 valence electrons. The summed E-state index contributed by atoms with van der Waals surface area (Å²) in [4.78, 5) is 32.5. The predicted octanol–water partition coefficient (Wildman–Crippen LogP) is 13.5. The number of rotatable bonds is 29. The highest BCUT2D eigenvalue weighted by Crippen LogP contribution is 2.59. The topological polar surface area (TPSA) is 112 Å². The minimum atomic E-state index is -3.08. The highest BCUT2D eigenvalue weighted by Gasteiger charge is 2.60. The van der Waals surface area contributed by atoms with Crippen LogP contribution in [0.4, 0.5) is 0 Å². The maximum Gasteiger partial charge on any atom is 0.512 e. The molecule has 0 heterocycles. The Bertz CT molecular complexity index is 898. The highest BCUT2D eigenvalue weighted by molar-refractivity contribution is 7.58. The Morgan fingerprint density at radius 1 is 0.510 bits per heavy atom. The second kappa shape index (κ2) is 25.5. The van der Waals surface area contributed by atoms with Crippen molar-refractivity contribution in [3.8, 4) is 0 Å². The predicted molar refractivity (Wildman–Crippen MR) is 212 cm³/mol. The first-order valence-electron chi connectivity index (χ1n) is 21.3. The molecule has 0 aromatic carbocycles. The van der Waals surface area contributed by atoms with Gasteiger partial charge in [0.05, 0.1) is 0 Å². The van der Waals surface area contributed by atoms with Gasteiger partial charge in [-0.05, 0) is 99.9 Å². The maximum atomic E-state index is 13.6. The van der Waals surface area contributed by atoms with Crippen LogP contribution in [0.1, 0.15) is 201 Å². The molecule has 2 aliphatic carbocycles. The monoisotopic (exact) mass is 750 g/mol. The number of hydrogen-bond donors (Lipinski definition) is 3. The molecule has 3 N–H and O–H groups in total. The third-order valence-corrected chi connectivity index (χ3v) is 18.3. The van der Waals surface area contributed by atoms with Gasteiger partial charge in [-0.1, -0.05) is 111 Å². The molecule has 2 fully saturated rings. The van der Waals surface area contributed by atoms with Gasteiger partial charge in [0.15, 0.2) is 0 Å². The first kappa shape index (κ1) is 45.6. The van der Waals surface area contributed by atoms with Crippen LogP contribution >= 0.6 is 22.8 Å². The van der Waals surface area contributed by atoms with Crippen molar-refractivity contribution >= 4 is 22.8 Å². The standard InChI is InChI=1S/C40H79O6P3/c1-4-7-10-13-16-19-32-48(43,44)34-29-36-21-25-38(26-22-36)40(47(41)42,31-18-15-12-9-6-3)39-27-23-37(24-28-39)30-35-49(45,46)33-20-17-14-11-8-5-2/h36-39H,4-35H2,1-3H3,(H2-,41,42,43,44,45,46)/p+1. The summed E-state index contributed by atoms with van der Waals surface area (Å²) in [6.07, 6.45) is 31.3. The van der Waals surface area contributed by atoms with Crippen LogP contribution in [-0.2, 0) is 13.7 Å². The van der Waals surface area contributed by atoms with Gasteiger partial charge in [0.25, 0.3) is 0 Å². The Hall–Kier alpha value is 0.440. The van der Waals surface area contributed by atoms with Crippen molar-refractivity contribution in [1.29, 1.82) is 0 Å². The van der Waals surface area contributed by atoms with Crippen LogP contribution < -0.4 is 0 Å². The molecule has 2 rings (SSSR count). The van der Waals surface area contributed by atoms with E-state index in [1.807, 2.05) is 0 Å². The molecule has 2 aliphatic rings. The average Bonchev–Trinajstić information content (AvgIpc) is 3.08. The van der Waals surface area contributed by atoms with Gasteiger partial charge in [0.2, 0.25) is 19.9 Å². The molecule has 2 saturated carbocycles. The molecule has 0 aromatic rings. The zero-order chi connectivity index (χ0) is 36.0. The zero-order valence-corrected chi connectivity index (χ0v) is 35.0. The fraction of sp³-hybridized carbons (Fsp3) is 1.00. The molecule has 3 atom stereocenters. The summed E-state index contributed by atoms with van der Waals surface area (Å²) in [5, 5.41) is -0.536. The molecular formula is C40H80O6P3+. The molecule has 3 unspecified atom stereocenters. The Labute approximate surface area is 304 Å². The summed E-state index contributed by atoms with van der Waals surface area (Å²) in [6.45, 7) is 6.63. The number of unbranched alkanes of at least 4 members (excludes halogenated alkanes) is 14. The van der Waals surface area contributed by atoms with Gasteiger partial charge in [-0.3, -0.25) is 9.13 Å². The molecule has 49 heavy (non-hydrogen) atoms. The Balaban J connectivity index is 1.93. The van der Waals surface area contributed by atoms with Gasteiger partial charge in [-0.15, -0.1) is 0 Å². The molecule has 6 nitrogen and oxygen atoms in total. The average molecular weight is 750 g/mol. The lowest BCUT2D eigenvalue weighted by atomic mass is 9.64. The van der Waals surface area contributed by atoms with E-state index < -0.39 is 27.9 Å². The SMILES string of the molecule is CCCCCCCCP(=O)(O)CCC1CCC(C(CCCCCCC)(C2CCC(CCP(=O)(O)CCCCCCCC)CC2)[P+](=O)O)CC1. The molecule has 0 spiro atoms. The van der Waals surface area contributed by atoms with Crippen LogP contribution in [0.15, 0.2) is 0 Å². The van der Waals surface area contributed by atoms with Crippen LogP contribution in [0.3, 0.4) is 0 Å². The van der Waals surface area contributed by atoms with Crippen molar-refractivity contribution in [2.75, 3.05) is 24.6 Å². The van der Waals surface area contributed by atoms with E-state index in [4.69, 9.17) is 0 Å². The minimum absolute atomic E-state index is 0.240. The van der Waals surface area contributed by atoms with E-state index in [9.17, 15) is 28.4 Å². The van der Waals surface area contributed by atoms with Gasteiger partial charge < -0.3 is 9.79 Å². The van der Waals surface area contributed by atoms with Gasteiger partial charge >= 0.3 is 8.03 Å². The molecule has 0 amide bonds. The van der Waals surface area contributed by atoms with Gasteiger partial charge in [-0.25, -0.2) is 0 Å². The molecule has 0 bridgehead atoms. The summed E-state index contributed by atoms with van der Waals surface area (Å²) in [6, 6.07) is 0. The maximum absolute atomic E-state index is 13.6. The van der Waals surface area contributed by atoms with Gasteiger partial charge in [0.1, 0.15) is 0 Å². The highest BCUT2D eigenvalue weighted by atomic mass is 31.2. The van der Waals surface area contributed by atoms with Crippen molar-refractivity contribution in [3.05, 3.63) is 0 Å². The molecule has 9 heteroatoms. The first-order chi connectivity index (χ1) is 23.5. The van der Waals surface area contributed by atoms with E-state index in [0.717, 1.165) is 122 Å². The quantitative estimate of drug-likeness (QED) is 0.0518. The van der Waals surface area contributed by atoms with E-state index in [1.165, 1.54) is 57.8 Å². The normalized spacial score (nSPS) is 25.7. The van der Waals surface area contributed by atoms with E-state index in [-0.39, 0.29) is 11.8 Å². The van der Waals surface area contributed by atoms with Crippen LogP contribution in [0.2, 0.25) is 0 Å². The van der Waals surface area contributed by atoms with Gasteiger partial charge in [-0.2, -0.15) is 4.89 Å². The third-order valence-electron chi connectivity index (χ3n) is 12.6. The van der Waals surface area contributed by atoms with E-state index in [2.05, 4.69) is 20.8 Å². The lowest BCUT2D eigenvalue weighted by Gasteiger charge is -2.43. The first-order valence-corrected chi connectivity index (χ1v) is 26.5. The summed E-state index contributed by atoms with van der Waals surface area (Å²) >= 11 is 0. The van der Waals surface area contributed by atoms with Crippen molar-refractivity contribution < 1.29 is 28.4 Å². The van der Waals surface area contributed by atoms with Crippen molar-refractivity contribution in [2.24, 2.45) is 23.7 Å². The second-order valence-electron chi connectivity index (χ2n) is 16.6. The summed E-state index contributed by atoms with van der Waals surface area (Å²) in [7, 11) is -8.50. The second-order valence-corrected chi connectivity index (χ2v) is 23.1. The fourth-order valence-electron chi connectivity index (χ4n) is 9.33. The Morgan fingerprint density at radius 2 is 0.837 bits per heavy atom. The minimum Gasteiger partial charge on any atom is -0.344 e. The van der Waals surface area contributed by atoms with E-state index >= 15 is 0 Å². The zero-order valence-electron chi connectivity index (χ0n) is 32.3. The van der Waals surface area contributed by atoms with E-state index in [1.54, 1.807) is 0 Å². The largest absolute Gasteiger partial charge is 0.512 e. The number of hydrogen-bond acceptors (Lipinski definition) is 3. The van der Waals surface area contributed by atoms with Crippen LogP contribution in [0.25, 0.3) is 0 Å². The molecule has 0 aromatic heterocycles. The smallest absolute Gasteiger partial charge is 0.344 e.